The molecule has 0 atom stereocenters. The summed E-state index contributed by atoms with van der Waals surface area (Å²) in [6.45, 7) is 5.80. The molecular formula is C19H16ClN5OS. The number of anilines is 1. The van der Waals surface area contributed by atoms with Crippen molar-refractivity contribution in [3.8, 4) is 5.82 Å². The van der Waals surface area contributed by atoms with Crippen LogP contribution in [0.5, 0.6) is 0 Å². The first-order valence-corrected chi connectivity index (χ1v) is 9.49. The first-order valence-electron chi connectivity index (χ1n) is 8.29. The zero-order valence-electron chi connectivity index (χ0n) is 14.9. The van der Waals surface area contributed by atoms with Crippen molar-refractivity contribution >= 4 is 44.7 Å². The Morgan fingerprint density at radius 3 is 2.67 bits per heavy atom. The fourth-order valence-corrected chi connectivity index (χ4v) is 3.94. The van der Waals surface area contributed by atoms with Gasteiger partial charge in [-0.3, -0.25) is 4.79 Å². The van der Waals surface area contributed by atoms with Gasteiger partial charge in [-0.2, -0.15) is 5.10 Å². The Balaban J connectivity index is 1.66. The molecule has 4 aromatic rings. The predicted octanol–water partition coefficient (Wildman–Crippen LogP) is 4.71. The average Bonchev–Trinajstić information content (AvgIpc) is 3.15. The van der Waals surface area contributed by atoms with Gasteiger partial charge < -0.3 is 5.32 Å². The van der Waals surface area contributed by atoms with Crippen molar-refractivity contribution in [1.29, 1.82) is 0 Å². The third kappa shape index (κ3) is 3.43. The highest BCUT2D eigenvalue weighted by Gasteiger charge is 2.16. The van der Waals surface area contributed by atoms with E-state index in [9.17, 15) is 4.79 Å². The van der Waals surface area contributed by atoms with Crippen LogP contribution in [-0.4, -0.2) is 25.7 Å². The molecule has 0 unspecified atom stereocenters. The number of carbonyl (C=O) groups excluding carboxylic acids is 1. The summed E-state index contributed by atoms with van der Waals surface area (Å²) in [5, 5.41) is 8.53. The van der Waals surface area contributed by atoms with Gasteiger partial charge in [0.2, 0.25) is 0 Å². The average molecular weight is 398 g/mol. The summed E-state index contributed by atoms with van der Waals surface area (Å²) in [4.78, 5) is 21.6. The molecule has 0 bridgehead atoms. The minimum absolute atomic E-state index is 0.155. The van der Waals surface area contributed by atoms with Gasteiger partial charge in [0.25, 0.3) is 5.91 Å². The smallest absolute Gasteiger partial charge is 0.275 e. The van der Waals surface area contributed by atoms with Crippen molar-refractivity contribution in [2.75, 3.05) is 5.32 Å². The van der Waals surface area contributed by atoms with E-state index in [1.54, 1.807) is 28.2 Å². The van der Waals surface area contributed by atoms with Crippen LogP contribution in [0.4, 0.5) is 5.69 Å². The Kier molecular flexibility index (Phi) is 4.41. The highest BCUT2D eigenvalue weighted by atomic mass is 35.5. The number of nitrogens with zero attached hydrogens (tertiary/aromatic N) is 4. The van der Waals surface area contributed by atoms with E-state index in [0.29, 0.717) is 11.5 Å². The second kappa shape index (κ2) is 6.75. The standard InChI is InChI=1S/C19H16ClN5OS/c1-10-8-11(2)25(24-10)17-7-5-14(20)18(23-17)19(26)22-13-4-6-15-16(9-13)27-12(3)21-15/h4-9H,1-3H3,(H,22,26). The zero-order valence-corrected chi connectivity index (χ0v) is 16.5. The Hall–Kier alpha value is -2.77. The Morgan fingerprint density at radius 1 is 1.11 bits per heavy atom. The number of fused-ring (bicyclic) bond motifs is 1. The van der Waals surface area contributed by atoms with Gasteiger partial charge >= 0.3 is 0 Å². The van der Waals surface area contributed by atoms with Gasteiger partial charge in [-0.25, -0.2) is 14.6 Å². The number of amides is 1. The van der Waals surface area contributed by atoms with Crippen LogP contribution in [0.2, 0.25) is 5.02 Å². The van der Waals surface area contributed by atoms with Crippen LogP contribution in [0.15, 0.2) is 36.4 Å². The van der Waals surface area contributed by atoms with Gasteiger partial charge in [-0.05, 0) is 57.2 Å². The molecule has 1 N–H and O–H groups in total. The van der Waals surface area contributed by atoms with E-state index in [0.717, 1.165) is 26.6 Å². The van der Waals surface area contributed by atoms with Crippen LogP contribution in [0.1, 0.15) is 26.9 Å². The van der Waals surface area contributed by atoms with Crippen LogP contribution in [0, 0.1) is 20.8 Å². The molecule has 3 heterocycles. The van der Waals surface area contributed by atoms with Crippen molar-refractivity contribution < 1.29 is 4.79 Å². The lowest BCUT2D eigenvalue weighted by atomic mass is 10.2. The van der Waals surface area contributed by atoms with Crippen LogP contribution in [0.3, 0.4) is 0 Å². The topological polar surface area (TPSA) is 72.7 Å². The molecule has 0 aliphatic carbocycles. The van der Waals surface area contributed by atoms with Gasteiger partial charge in [-0.15, -0.1) is 11.3 Å². The van der Waals surface area contributed by atoms with Gasteiger partial charge in [0.1, 0.15) is 5.69 Å². The molecule has 1 aromatic carbocycles. The molecule has 27 heavy (non-hydrogen) atoms. The highest BCUT2D eigenvalue weighted by molar-refractivity contribution is 7.18. The zero-order chi connectivity index (χ0) is 19.1. The van der Waals surface area contributed by atoms with Gasteiger partial charge in [0, 0.05) is 11.4 Å². The van der Waals surface area contributed by atoms with Crippen molar-refractivity contribution in [3.05, 3.63) is 63.5 Å². The number of thiazole rings is 1. The number of aryl methyl sites for hydroxylation is 3. The number of aromatic nitrogens is 4. The van der Waals surface area contributed by atoms with E-state index >= 15 is 0 Å². The predicted molar refractivity (Wildman–Crippen MR) is 108 cm³/mol. The monoisotopic (exact) mass is 397 g/mol. The van der Waals surface area contributed by atoms with Crippen LogP contribution in [-0.2, 0) is 0 Å². The lowest BCUT2D eigenvalue weighted by Crippen LogP contribution is -2.16. The molecule has 8 heteroatoms. The Morgan fingerprint density at radius 2 is 1.93 bits per heavy atom. The number of carbonyl (C=O) groups is 1. The van der Waals surface area contributed by atoms with Crippen molar-refractivity contribution in [3.63, 3.8) is 0 Å². The van der Waals surface area contributed by atoms with Gasteiger partial charge in [-0.1, -0.05) is 11.6 Å². The SMILES string of the molecule is Cc1cc(C)n(-c2ccc(Cl)c(C(=O)Nc3ccc4nc(C)sc4c3)n2)n1. The van der Waals surface area contributed by atoms with E-state index in [1.165, 1.54) is 0 Å². The minimum atomic E-state index is -0.371. The summed E-state index contributed by atoms with van der Waals surface area (Å²) in [5.41, 5.74) is 3.55. The van der Waals surface area contributed by atoms with Crippen LogP contribution in [0.25, 0.3) is 16.0 Å². The third-order valence-electron chi connectivity index (χ3n) is 4.03. The summed E-state index contributed by atoms with van der Waals surface area (Å²) >= 11 is 7.81. The number of pyridine rings is 1. The maximum Gasteiger partial charge on any atom is 0.275 e. The molecule has 136 valence electrons. The molecule has 4 rings (SSSR count). The molecule has 3 aromatic heterocycles. The summed E-state index contributed by atoms with van der Waals surface area (Å²) in [6, 6.07) is 10.9. The number of rotatable bonds is 3. The molecule has 0 aliphatic heterocycles. The molecule has 0 fully saturated rings. The number of benzene rings is 1. The molecule has 0 saturated heterocycles. The van der Waals surface area contributed by atoms with Gasteiger partial charge in [0.05, 0.1) is 25.9 Å². The molecule has 6 nitrogen and oxygen atoms in total. The number of hydrogen-bond acceptors (Lipinski definition) is 5. The van der Waals surface area contributed by atoms with Crippen molar-refractivity contribution in [2.45, 2.75) is 20.8 Å². The lowest BCUT2D eigenvalue weighted by Gasteiger charge is -2.09. The number of nitrogens with one attached hydrogen (secondary N) is 1. The Labute approximate surface area is 164 Å². The summed E-state index contributed by atoms with van der Waals surface area (Å²) < 4.78 is 2.70. The minimum Gasteiger partial charge on any atom is -0.321 e. The molecule has 0 spiro atoms. The largest absolute Gasteiger partial charge is 0.321 e. The highest BCUT2D eigenvalue weighted by Crippen LogP contribution is 2.25. The molecule has 0 saturated carbocycles. The molecular weight excluding hydrogens is 382 g/mol. The molecule has 0 radical (unpaired) electrons. The third-order valence-corrected chi connectivity index (χ3v) is 5.26. The van der Waals surface area contributed by atoms with Gasteiger partial charge in [0.15, 0.2) is 5.82 Å². The van der Waals surface area contributed by atoms with E-state index in [4.69, 9.17) is 11.6 Å². The number of halogens is 1. The van der Waals surface area contributed by atoms with E-state index in [2.05, 4.69) is 20.4 Å². The van der Waals surface area contributed by atoms with E-state index in [1.807, 2.05) is 45.0 Å². The first kappa shape index (κ1) is 17.6. The second-order valence-corrected chi connectivity index (χ2v) is 7.85. The normalized spacial score (nSPS) is 11.1. The second-order valence-electron chi connectivity index (χ2n) is 6.21. The maximum atomic E-state index is 12.7. The molecule has 1 amide bonds. The van der Waals surface area contributed by atoms with Crippen molar-refractivity contribution in [1.82, 2.24) is 19.7 Å². The fraction of sp³-hybridized carbons (Fsp3) is 0.158. The van der Waals surface area contributed by atoms with E-state index in [-0.39, 0.29) is 16.6 Å². The summed E-state index contributed by atoms with van der Waals surface area (Å²) in [7, 11) is 0. The van der Waals surface area contributed by atoms with Crippen LogP contribution >= 0.6 is 22.9 Å². The van der Waals surface area contributed by atoms with Crippen molar-refractivity contribution in [2.24, 2.45) is 0 Å². The van der Waals surface area contributed by atoms with E-state index < -0.39 is 0 Å². The summed E-state index contributed by atoms with van der Waals surface area (Å²) in [5.74, 6) is 0.174. The quantitative estimate of drug-likeness (QED) is 0.543. The first-order chi connectivity index (χ1) is 12.9. The molecule has 0 aliphatic rings. The van der Waals surface area contributed by atoms with Crippen LogP contribution < -0.4 is 5.32 Å². The lowest BCUT2D eigenvalue weighted by molar-refractivity contribution is 0.102. The summed E-state index contributed by atoms with van der Waals surface area (Å²) in [6.07, 6.45) is 0. The fourth-order valence-electron chi connectivity index (χ4n) is 2.88. The maximum absolute atomic E-state index is 12.7. The Bertz CT molecular complexity index is 1180. The number of hydrogen-bond donors (Lipinski definition) is 1.